The predicted octanol–water partition coefficient (Wildman–Crippen LogP) is 3.49. The Balaban J connectivity index is 1.74. The second kappa shape index (κ2) is 6.26. The number of rotatable bonds is 4. The Labute approximate surface area is 129 Å². The molecule has 1 aromatic heterocycles. The molecule has 3 rings (SSSR count). The van der Waals surface area contributed by atoms with Crippen LogP contribution in [0.2, 0.25) is 0 Å². The van der Waals surface area contributed by atoms with Crippen molar-refractivity contribution < 1.29 is 4.79 Å². The van der Waals surface area contributed by atoms with Crippen molar-refractivity contribution in [1.29, 1.82) is 0 Å². The van der Waals surface area contributed by atoms with Gasteiger partial charge in [-0.3, -0.25) is 9.48 Å². The van der Waals surface area contributed by atoms with Crippen LogP contribution in [-0.4, -0.2) is 15.7 Å². The fourth-order valence-corrected chi connectivity index (χ4v) is 2.32. The Morgan fingerprint density at radius 2 is 2.00 bits per heavy atom. The molecule has 0 aliphatic carbocycles. The molecular weight excluding hydrogens is 274 g/mol. The van der Waals surface area contributed by atoms with E-state index in [1.165, 1.54) is 0 Å². The van der Waals surface area contributed by atoms with E-state index in [1.54, 1.807) is 6.20 Å². The molecule has 0 aliphatic rings. The van der Waals surface area contributed by atoms with Crippen molar-refractivity contribution in [3.63, 3.8) is 0 Å². The number of carbonyl (C=O) groups excluding carboxylic acids is 1. The number of aryl methyl sites for hydroxylation is 1. The number of amides is 1. The Morgan fingerprint density at radius 1 is 1.14 bits per heavy atom. The molecule has 4 nitrogen and oxygen atoms in total. The van der Waals surface area contributed by atoms with Crippen molar-refractivity contribution in [3.8, 4) is 0 Å². The number of carbonyl (C=O) groups is 1. The Kier molecular flexibility index (Phi) is 4.01. The Bertz CT molecular complexity index is 779. The van der Waals surface area contributed by atoms with Crippen LogP contribution in [0.4, 0.5) is 5.69 Å². The maximum absolute atomic E-state index is 12.3. The van der Waals surface area contributed by atoms with Crippen molar-refractivity contribution in [3.05, 3.63) is 83.7 Å². The van der Waals surface area contributed by atoms with Gasteiger partial charge in [0.2, 0.25) is 0 Å². The molecule has 1 N–H and O–H groups in total. The van der Waals surface area contributed by atoms with Crippen molar-refractivity contribution in [2.75, 3.05) is 5.32 Å². The van der Waals surface area contributed by atoms with Crippen molar-refractivity contribution in [2.45, 2.75) is 13.5 Å². The molecule has 0 unspecified atom stereocenters. The summed E-state index contributed by atoms with van der Waals surface area (Å²) in [5, 5.41) is 7.13. The number of benzene rings is 2. The molecule has 0 saturated heterocycles. The highest BCUT2D eigenvalue weighted by Crippen LogP contribution is 2.14. The van der Waals surface area contributed by atoms with E-state index in [0.717, 1.165) is 16.8 Å². The van der Waals surface area contributed by atoms with E-state index < -0.39 is 0 Å². The second-order valence-electron chi connectivity index (χ2n) is 5.23. The number of nitrogens with one attached hydrogen (secondary N) is 1. The van der Waals surface area contributed by atoms with Gasteiger partial charge in [0.25, 0.3) is 5.91 Å². The molecule has 110 valence electrons. The van der Waals surface area contributed by atoms with Gasteiger partial charge in [-0.05, 0) is 42.8 Å². The largest absolute Gasteiger partial charge is 0.322 e. The van der Waals surface area contributed by atoms with Crippen LogP contribution in [0.1, 0.15) is 21.5 Å². The van der Waals surface area contributed by atoms with Gasteiger partial charge in [-0.2, -0.15) is 5.10 Å². The van der Waals surface area contributed by atoms with Crippen LogP contribution < -0.4 is 5.32 Å². The zero-order valence-electron chi connectivity index (χ0n) is 12.4. The lowest BCUT2D eigenvalue weighted by Crippen LogP contribution is -2.12. The fourth-order valence-electron chi connectivity index (χ4n) is 2.32. The number of hydrogen-bond donors (Lipinski definition) is 1. The minimum atomic E-state index is -0.0973. The summed E-state index contributed by atoms with van der Waals surface area (Å²) in [6, 6.07) is 17.3. The van der Waals surface area contributed by atoms with E-state index in [0.29, 0.717) is 12.1 Å². The van der Waals surface area contributed by atoms with Crippen LogP contribution in [0.15, 0.2) is 67.0 Å². The minimum absolute atomic E-state index is 0.0973. The zero-order valence-corrected chi connectivity index (χ0v) is 12.4. The first-order valence-corrected chi connectivity index (χ1v) is 7.15. The van der Waals surface area contributed by atoms with Gasteiger partial charge in [0, 0.05) is 23.6 Å². The van der Waals surface area contributed by atoms with Crippen LogP contribution in [0.25, 0.3) is 0 Å². The quantitative estimate of drug-likeness (QED) is 0.800. The lowest BCUT2D eigenvalue weighted by molar-refractivity contribution is 0.102. The SMILES string of the molecule is Cc1cccc(C(=O)Nc2cccc(Cn3cccn3)c2)c1. The van der Waals surface area contributed by atoms with Gasteiger partial charge in [-0.1, -0.05) is 29.8 Å². The van der Waals surface area contributed by atoms with E-state index >= 15 is 0 Å². The average molecular weight is 291 g/mol. The molecule has 0 aliphatic heterocycles. The first-order chi connectivity index (χ1) is 10.7. The lowest BCUT2D eigenvalue weighted by atomic mass is 10.1. The van der Waals surface area contributed by atoms with Crippen LogP contribution in [0.5, 0.6) is 0 Å². The van der Waals surface area contributed by atoms with Gasteiger partial charge < -0.3 is 5.32 Å². The molecule has 0 radical (unpaired) electrons. The summed E-state index contributed by atoms with van der Waals surface area (Å²) >= 11 is 0. The molecule has 2 aromatic carbocycles. The zero-order chi connectivity index (χ0) is 15.4. The number of nitrogens with zero attached hydrogens (tertiary/aromatic N) is 2. The smallest absolute Gasteiger partial charge is 0.255 e. The van der Waals surface area contributed by atoms with E-state index in [-0.39, 0.29) is 5.91 Å². The molecule has 1 amide bonds. The van der Waals surface area contributed by atoms with Crippen LogP contribution in [0, 0.1) is 6.92 Å². The van der Waals surface area contributed by atoms with Crippen molar-refractivity contribution in [1.82, 2.24) is 9.78 Å². The van der Waals surface area contributed by atoms with Crippen LogP contribution in [0.3, 0.4) is 0 Å². The summed E-state index contributed by atoms with van der Waals surface area (Å²) in [6.07, 6.45) is 3.67. The Hall–Kier alpha value is -2.88. The standard InChI is InChI=1S/C18H17N3O/c1-14-5-2-7-16(11-14)18(22)20-17-8-3-6-15(12-17)13-21-10-4-9-19-21/h2-12H,13H2,1H3,(H,20,22). The van der Waals surface area contributed by atoms with Crippen LogP contribution in [-0.2, 0) is 6.54 Å². The highest BCUT2D eigenvalue weighted by Gasteiger charge is 2.06. The number of hydrogen-bond acceptors (Lipinski definition) is 2. The highest BCUT2D eigenvalue weighted by atomic mass is 16.1. The van der Waals surface area contributed by atoms with E-state index in [1.807, 2.05) is 72.4 Å². The molecule has 4 heteroatoms. The van der Waals surface area contributed by atoms with E-state index in [2.05, 4.69) is 10.4 Å². The summed E-state index contributed by atoms with van der Waals surface area (Å²) in [7, 11) is 0. The molecule has 22 heavy (non-hydrogen) atoms. The maximum atomic E-state index is 12.3. The molecular formula is C18H17N3O. The molecule has 1 heterocycles. The molecule has 0 atom stereocenters. The first kappa shape index (κ1) is 14.1. The minimum Gasteiger partial charge on any atom is -0.322 e. The summed E-state index contributed by atoms with van der Waals surface area (Å²) in [5.41, 5.74) is 3.61. The number of anilines is 1. The monoisotopic (exact) mass is 291 g/mol. The predicted molar refractivity (Wildman–Crippen MR) is 86.9 cm³/mol. The molecule has 0 fully saturated rings. The molecule has 0 bridgehead atoms. The maximum Gasteiger partial charge on any atom is 0.255 e. The van der Waals surface area contributed by atoms with E-state index in [4.69, 9.17) is 0 Å². The lowest BCUT2D eigenvalue weighted by Gasteiger charge is -2.08. The summed E-state index contributed by atoms with van der Waals surface area (Å²) in [4.78, 5) is 12.3. The van der Waals surface area contributed by atoms with Gasteiger partial charge in [-0.15, -0.1) is 0 Å². The van der Waals surface area contributed by atoms with Gasteiger partial charge in [0.15, 0.2) is 0 Å². The fraction of sp³-hybridized carbons (Fsp3) is 0.111. The van der Waals surface area contributed by atoms with Crippen molar-refractivity contribution >= 4 is 11.6 Å². The molecule has 3 aromatic rings. The first-order valence-electron chi connectivity index (χ1n) is 7.15. The summed E-state index contributed by atoms with van der Waals surface area (Å²) in [6.45, 7) is 2.66. The van der Waals surface area contributed by atoms with Gasteiger partial charge in [0.1, 0.15) is 0 Å². The van der Waals surface area contributed by atoms with Crippen LogP contribution >= 0.6 is 0 Å². The molecule has 0 spiro atoms. The van der Waals surface area contributed by atoms with E-state index in [9.17, 15) is 4.79 Å². The second-order valence-corrected chi connectivity index (χ2v) is 5.23. The van der Waals surface area contributed by atoms with Gasteiger partial charge >= 0.3 is 0 Å². The molecule has 0 saturated carbocycles. The normalized spacial score (nSPS) is 10.4. The number of aromatic nitrogens is 2. The third-order valence-electron chi connectivity index (χ3n) is 3.37. The highest BCUT2D eigenvalue weighted by molar-refractivity contribution is 6.04. The third-order valence-corrected chi connectivity index (χ3v) is 3.37. The van der Waals surface area contributed by atoms with Crippen molar-refractivity contribution in [2.24, 2.45) is 0 Å². The summed E-state index contributed by atoms with van der Waals surface area (Å²) in [5.74, 6) is -0.0973. The average Bonchev–Trinajstić information content (AvgIpc) is 3.00. The third kappa shape index (κ3) is 3.41. The van der Waals surface area contributed by atoms with Gasteiger partial charge in [-0.25, -0.2) is 0 Å². The Morgan fingerprint density at radius 3 is 2.77 bits per heavy atom. The topological polar surface area (TPSA) is 46.9 Å². The van der Waals surface area contributed by atoms with Gasteiger partial charge in [0.05, 0.1) is 6.54 Å². The summed E-state index contributed by atoms with van der Waals surface area (Å²) < 4.78 is 1.85.